The van der Waals surface area contributed by atoms with Gasteiger partial charge in [0, 0.05) is 6.04 Å². The lowest BCUT2D eigenvalue weighted by Gasteiger charge is -2.21. The van der Waals surface area contributed by atoms with Crippen molar-refractivity contribution in [2.24, 2.45) is 17.6 Å². The second-order valence-electron chi connectivity index (χ2n) is 6.38. The highest BCUT2D eigenvalue weighted by Gasteiger charge is 2.16. The van der Waals surface area contributed by atoms with Gasteiger partial charge in [0.15, 0.2) is 0 Å². The molecule has 2 atom stereocenters. The summed E-state index contributed by atoms with van der Waals surface area (Å²) in [6, 6.07) is -0.184. The smallest absolute Gasteiger partial charge is 0.304 e. The Labute approximate surface area is 118 Å². The summed E-state index contributed by atoms with van der Waals surface area (Å²) in [7, 11) is 0. The van der Waals surface area contributed by atoms with Crippen molar-refractivity contribution in [3.05, 3.63) is 0 Å². The minimum absolute atomic E-state index is 0.100. The number of hydrogen-bond acceptors (Lipinski definition) is 2. The minimum Gasteiger partial charge on any atom is -0.481 e. The molecule has 0 aromatic carbocycles. The van der Waals surface area contributed by atoms with E-state index in [0.717, 1.165) is 12.3 Å². The number of unbranched alkanes of at least 4 members (excludes halogenated alkanes) is 2. The number of aliphatic carboxylic acids is 1. The normalized spacial score (nSPS) is 20.1. The van der Waals surface area contributed by atoms with Crippen LogP contribution in [-0.4, -0.2) is 17.1 Å². The minimum atomic E-state index is -0.781. The van der Waals surface area contributed by atoms with Crippen molar-refractivity contribution in [2.75, 3.05) is 0 Å². The van der Waals surface area contributed by atoms with Gasteiger partial charge in [-0.15, -0.1) is 0 Å². The Morgan fingerprint density at radius 2 is 1.89 bits per heavy atom. The maximum atomic E-state index is 10.6. The average molecular weight is 269 g/mol. The molecular weight excluding hydrogens is 238 g/mol. The third-order valence-corrected chi connectivity index (χ3v) is 4.64. The molecule has 0 radical (unpaired) electrons. The molecule has 3 N–H and O–H groups in total. The number of rotatable bonds is 9. The fourth-order valence-corrected chi connectivity index (χ4v) is 3.17. The van der Waals surface area contributed by atoms with Crippen LogP contribution < -0.4 is 5.73 Å². The molecule has 0 amide bonds. The van der Waals surface area contributed by atoms with Crippen molar-refractivity contribution in [1.82, 2.24) is 0 Å². The number of nitrogens with two attached hydrogens (primary N) is 1. The van der Waals surface area contributed by atoms with Gasteiger partial charge in [0.2, 0.25) is 0 Å². The van der Waals surface area contributed by atoms with E-state index in [1.165, 1.54) is 57.8 Å². The number of carboxylic acids is 1. The summed E-state index contributed by atoms with van der Waals surface area (Å²) < 4.78 is 0. The zero-order valence-electron chi connectivity index (χ0n) is 12.4. The first-order valence-corrected chi connectivity index (χ1v) is 8.07. The van der Waals surface area contributed by atoms with Crippen molar-refractivity contribution in [2.45, 2.75) is 83.6 Å². The quantitative estimate of drug-likeness (QED) is 0.623. The topological polar surface area (TPSA) is 63.3 Å². The fourth-order valence-electron chi connectivity index (χ4n) is 3.17. The monoisotopic (exact) mass is 269 g/mol. The van der Waals surface area contributed by atoms with Crippen molar-refractivity contribution >= 4 is 5.97 Å². The van der Waals surface area contributed by atoms with Gasteiger partial charge in [-0.3, -0.25) is 4.79 Å². The lowest BCUT2D eigenvalue weighted by molar-refractivity contribution is -0.137. The van der Waals surface area contributed by atoms with Gasteiger partial charge in [-0.2, -0.15) is 0 Å². The molecule has 1 fully saturated rings. The summed E-state index contributed by atoms with van der Waals surface area (Å²) in [6.45, 7) is 2.08. The Balaban J connectivity index is 1.98. The molecule has 0 aromatic heterocycles. The Bertz CT molecular complexity index is 249. The molecule has 0 spiro atoms. The van der Waals surface area contributed by atoms with Crippen LogP contribution >= 0.6 is 0 Å². The van der Waals surface area contributed by atoms with Crippen molar-refractivity contribution in [3.8, 4) is 0 Å². The van der Waals surface area contributed by atoms with E-state index < -0.39 is 5.97 Å². The Kier molecular flexibility index (Phi) is 8.11. The van der Waals surface area contributed by atoms with Gasteiger partial charge in [0.1, 0.15) is 0 Å². The molecule has 0 saturated heterocycles. The standard InChI is InChI=1S/C16H31NO2/c1-13(15(17)12-16(18)19)8-4-2-5-9-14-10-6-3-7-11-14/h13-15H,2-12,17H2,1H3,(H,18,19)/t13-,15+/m0/s1. The summed E-state index contributed by atoms with van der Waals surface area (Å²) in [6.07, 6.45) is 13.6. The van der Waals surface area contributed by atoms with Crippen LogP contribution in [0.3, 0.4) is 0 Å². The molecule has 0 unspecified atom stereocenters. The largest absolute Gasteiger partial charge is 0.481 e. The van der Waals surface area contributed by atoms with Gasteiger partial charge in [-0.25, -0.2) is 0 Å². The third-order valence-electron chi connectivity index (χ3n) is 4.64. The highest BCUT2D eigenvalue weighted by atomic mass is 16.4. The van der Waals surface area contributed by atoms with Gasteiger partial charge >= 0.3 is 5.97 Å². The first-order valence-electron chi connectivity index (χ1n) is 8.07. The maximum absolute atomic E-state index is 10.6. The van der Waals surface area contributed by atoms with E-state index in [1.54, 1.807) is 0 Å². The summed E-state index contributed by atoms with van der Waals surface area (Å²) >= 11 is 0. The molecule has 1 saturated carbocycles. The van der Waals surface area contributed by atoms with Gasteiger partial charge < -0.3 is 10.8 Å². The van der Waals surface area contributed by atoms with E-state index in [0.29, 0.717) is 5.92 Å². The summed E-state index contributed by atoms with van der Waals surface area (Å²) in [5.41, 5.74) is 5.87. The van der Waals surface area contributed by atoms with E-state index in [9.17, 15) is 4.79 Å². The number of carbonyl (C=O) groups is 1. The maximum Gasteiger partial charge on any atom is 0.304 e. The summed E-state index contributed by atoms with van der Waals surface area (Å²) in [5.74, 6) is 0.530. The zero-order valence-corrected chi connectivity index (χ0v) is 12.4. The zero-order chi connectivity index (χ0) is 14.1. The van der Waals surface area contributed by atoms with Gasteiger partial charge in [-0.05, 0) is 18.3 Å². The second-order valence-corrected chi connectivity index (χ2v) is 6.38. The molecule has 1 rings (SSSR count). The Hall–Kier alpha value is -0.570. The summed E-state index contributed by atoms with van der Waals surface area (Å²) in [4.78, 5) is 10.6. The highest BCUT2D eigenvalue weighted by Crippen LogP contribution is 2.28. The predicted octanol–water partition coefficient (Wildman–Crippen LogP) is 3.96. The van der Waals surface area contributed by atoms with Gasteiger partial charge in [-0.1, -0.05) is 64.7 Å². The molecule has 1 aliphatic rings. The van der Waals surface area contributed by atoms with Crippen LogP contribution in [0.15, 0.2) is 0 Å². The second kappa shape index (κ2) is 9.35. The van der Waals surface area contributed by atoms with Crippen molar-refractivity contribution in [1.29, 1.82) is 0 Å². The molecule has 1 aliphatic carbocycles. The Morgan fingerprint density at radius 3 is 2.53 bits per heavy atom. The predicted molar refractivity (Wildman–Crippen MR) is 79.1 cm³/mol. The first-order chi connectivity index (χ1) is 9.09. The number of hydrogen-bond donors (Lipinski definition) is 2. The van der Waals surface area contributed by atoms with E-state index in [2.05, 4.69) is 6.92 Å². The number of carboxylic acid groups (broad SMARTS) is 1. The molecule has 3 nitrogen and oxygen atoms in total. The molecule has 0 bridgehead atoms. The van der Waals surface area contributed by atoms with Crippen LogP contribution in [0.5, 0.6) is 0 Å². The highest BCUT2D eigenvalue weighted by molar-refractivity contribution is 5.67. The third kappa shape index (κ3) is 7.56. The molecule has 3 heteroatoms. The Morgan fingerprint density at radius 1 is 1.21 bits per heavy atom. The first kappa shape index (κ1) is 16.5. The van der Waals surface area contributed by atoms with Crippen LogP contribution in [0.4, 0.5) is 0 Å². The molecule has 112 valence electrons. The van der Waals surface area contributed by atoms with Crippen molar-refractivity contribution in [3.63, 3.8) is 0 Å². The summed E-state index contributed by atoms with van der Waals surface area (Å²) in [5, 5.41) is 8.71. The van der Waals surface area contributed by atoms with Gasteiger partial charge in [0.05, 0.1) is 6.42 Å². The van der Waals surface area contributed by atoms with E-state index in [4.69, 9.17) is 10.8 Å². The van der Waals surface area contributed by atoms with E-state index in [1.807, 2.05) is 0 Å². The molecule has 19 heavy (non-hydrogen) atoms. The van der Waals surface area contributed by atoms with Crippen LogP contribution in [0, 0.1) is 11.8 Å². The van der Waals surface area contributed by atoms with Gasteiger partial charge in [0.25, 0.3) is 0 Å². The average Bonchev–Trinajstić information content (AvgIpc) is 2.38. The van der Waals surface area contributed by atoms with Crippen LogP contribution in [0.1, 0.15) is 77.6 Å². The fraction of sp³-hybridized carbons (Fsp3) is 0.938. The van der Waals surface area contributed by atoms with Crippen molar-refractivity contribution < 1.29 is 9.90 Å². The van der Waals surface area contributed by atoms with Crippen LogP contribution in [-0.2, 0) is 4.79 Å². The molecule has 0 heterocycles. The van der Waals surface area contributed by atoms with E-state index in [-0.39, 0.29) is 12.5 Å². The lowest BCUT2D eigenvalue weighted by Crippen LogP contribution is -2.30. The lowest BCUT2D eigenvalue weighted by atomic mass is 9.85. The SMILES string of the molecule is C[C@@H](CCCCCC1CCCCC1)[C@H](N)CC(=O)O. The van der Waals surface area contributed by atoms with Crippen LogP contribution in [0.25, 0.3) is 0 Å². The molecular formula is C16H31NO2. The van der Waals surface area contributed by atoms with Crippen LogP contribution in [0.2, 0.25) is 0 Å². The van der Waals surface area contributed by atoms with E-state index >= 15 is 0 Å². The molecule has 0 aliphatic heterocycles. The molecule has 0 aromatic rings.